The topological polar surface area (TPSA) is 63.3 Å². The summed E-state index contributed by atoms with van der Waals surface area (Å²) in [7, 11) is 0. The molecular weight excluding hydrogens is 242 g/mol. The van der Waals surface area contributed by atoms with Gasteiger partial charge in [0, 0.05) is 5.92 Å². The van der Waals surface area contributed by atoms with Gasteiger partial charge in [-0.15, -0.1) is 0 Å². The van der Waals surface area contributed by atoms with Gasteiger partial charge in [-0.1, -0.05) is 5.16 Å². The smallest absolute Gasteiger partial charge is 0.341 e. The van der Waals surface area contributed by atoms with Crippen LogP contribution >= 0.6 is 0 Å². The molecule has 4 aliphatic rings. The average Bonchev–Trinajstić information content (AvgIpc) is 2.69. The number of rotatable bonds is 2. The van der Waals surface area contributed by atoms with E-state index in [9.17, 15) is 9.90 Å². The Hall–Kier alpha value is -1.32. The van der Waals surface area contributed by atoms with Crippen molar-refractivity contribution in [3.8, 4) is 0 Å². The predicted octanol–water partition coefficient (Wildman–Crippen LogP) is 3.22. The highest BCUT2D eigenvalue weighted by atomic mass is 16.5. The molecular formula is C15H19NO3. The van der Waals surface area contributed by atoms with Crippen molar-refractivity contribution in [1.82, 2.24) is 5.16 Å². The van der Waals surface area contributed by atoms with E-state index in [0.29, 0.717) is 34.8 Å². The van der Waals surface area contributed by atoms with E-state index < -0.39 is 5.97 Å². The largest absolute Gasteiger partial charge is 0.477 e. The number of aromatic nitrogens is 1. The van der Waals surface area contributed by atoms with E-state index in [1.807, 2.05) is 0 Å². The molecule has 0 amide bonds. The molecule has 5 rings (SSSR count). The fourth-order valence-corrected chi connectivity index (χ4v) is 5.23. The van der Waals surface area contributed by atoms with Crippen LogP contribution in [0.3, 0.4) is 0 Å². The predicted molar refractivity (Wildman–Crippen MR) is 68.0 cm³/mol. The first-order chi connectivity index (χ1) is 9.13. The third-order valence-corrected chi connectivity index (χ3v) is 5.63. The summed E-state index contributed by atoms with van der Waals surface area (Å²) in [6.07, 6.45) is 6.45. The zero-order valence-corrected chi connectivity index (χ0v) is 11.1. The number of nitrogens with zero attached hydrogens (tertiary/aromatic N) is 1. The molecule has 0 aliphatic heterocycles. The van der Waals surface area contributed by atoms with E-state index in [2.05, 4.69) is 5.16 Å². The number of hydrogen-bond donors (Lipinski definition) is 1. The van der Waals surface area contributed by atoms with Crippen LogP contribution in [-0.2, 0) is 0 Å². The molecule has 4 heteroatoms. The standard InChI is InChI=1S/C15H19NO3/c1-7-12(15(17)18)14(19-16-7)13-10-3-8-2-9(5-10)6-11(13)4-8/h8-11,13H,2-6H2,1H3,(H,17,18). The summed E-state index contributed by atoms with van der Waals surface area (Å²) in [6, 6.07) is 0. The zero-order valence-electron chi connectivity index (χ0n) is 11.1. The Morgan fingerprint density at radius 1 is 1.16 bits per heavy atom. The van der Waals surface area contributed by atoms with Crippen molar-refractivity contribution in [2.45, 2.75) is 44.9 Å². The summed E-state index contributed by atoms with van der Waals surface area (Å²) < 4.78 is 5.45. The van der Waals surface area contributed by atoms with Crippen LogP contribution in [0.1, 0.15) is 59.8 Å². The van der Waals surface area contributed by atoms with E-state index in [1.54, 1.807) is 6.92 Å². The van der Waals surface area contributed by atoms with Crippen LogP contribution < -0.4 is 0 Å². The van der Waals surface area contributed by atoms with Crippen LogP contribution in [0, 0.1) is 30.6 Å². The fraction of sp³-hybridized carbons (Fsp3) is 0.733. The molecule has 1 N–H and O–H groups in total. The van der Waals surface area contributed by atoms with Crippen LogP contribution in [0.5, 0.6) is 0 Å². The van der Waals surface area contributed by atoms with Gasteiger partial charge in [0.15, 0.2) is 5.76 Å². The number of hydrogen-bond acceptors (Lipinski definition) is 3. The van der Waals surface area contributed by atoms with Crippen LogP contribution in [0.15, 0.2) is 4.52 Å². The van der Waals surface area contributed by atoms with Gasteiger partial charge in [-0.05, 0) is 62.7 Å². The van der Waals surface area contributed by atoms with E-state index in [4.69, 9.17) is 4.52 Å². The minimum absolute atomic E-state index is 0.306. The molecule has 1 aromatic heterocycles. The normalized spacial score (nSPS) is 39.7. The van der Waals surface area contributed by atoms with Crippen molar-refractivity contribution in [3.05, 3.63) is 17.0 Å². The Balaban J connectivity index is 1.75. The van der Waals surface area contributed by atoms with Crippen LogP contribution in [0.2, 0.25) is 0 Å². The summed E-state index contributed by atoms with van der Waals surface area (Å²) in [6.45, 7) is 1.73. The Labute approximate surface area is 112 Å². The first-order valence-corrected chi connectivity index (χ1v) is 7.33. The van der Waals surface area contributed by atoms with Gasteiger partial charge < -0.3 is 9.63 Å². The Morgan fingerprint density at radius 2 is 1.74 bits per heavy atom. The highest BCUT2D eigenvalue weighted by Crippen LogP contribution is 2.60. The number of carboxylic acids is 1. The SMILES string of the molecule is Cc1noc(C2C3CC4CC(C3)CC2C4)c1C(=O)O. The van der Waals surface area contributed by atoms with Crippen LogP contribution in [0.25, 0.3) is 0 Å². The molecule has 4 fully saturated rings. The van der Waals surface area contributed by atoms with Crippen LogP contribution in [-0.4, -0.2) is 16.2 Å². The molecule has 1 heterocycles. The molecule has 0 aromatic carbocycles. The minimum atomic E-state index is -0.887. The van der Waals surface area contributed by atoms with Crippen molar-refractivity contribution < 1.29 is 14.4 Å². The van der Waals surface area contributed by atoms with E-state index in [1.165, 1.54) is 32.1 Å². The van der Waals surface area contributed by atoms with Crippen molar-refractivity contribution in [1.29, 1.82) is 0 Å². The highest BCUT2D eigenvalue weighted by Gasteiger charge is 2.51. The molecule has 1 aromatic rings. The maximum absolute atomic E-state index is 11.4. The summed E-state index contributed by atoms with van der Waals surface area (Å²) in [4.78, 5) is 11.4. The number of aromatic carboxylic acids is 1. The van der Waals surface area contributed by atoms with Gasteiger partial charge in [-0.25, -0.2) is 4.79 Å². The molecule has 0 saturated heterocycles. The highest BCUT2D eigenvalue weighted by molar-refractivity contribution is 5.90. The maximum Gasteiger partial charge on any atom is 0.341 e. The second kappa shape index (κ2) is 3.84. The van der Waals surface area contributed by atoms with E-state index >= 15 is 0 Å². The number of carbonyl (C=O) groups is 1. The molecule has 0 atom stereocenters. The fourth-order valence-electron chi connectivity index (χ4n) is 5.23. The Kier molecular flexibility index (Phi) is 2.32. The van der Waals surface area contributed by atoms with Gasteiger partial charge in [-0.3, -0.25) is 0 Å². The van der Waals surface area contributed by atoms with Gasteiger partial charge in [0.1, 0.15) is 5.56 Å². The molecule has 4 nitrogen and oxygen atoms in total. The second-order valence-electron chi connectivity index (χ2n) is 6.77. The quantitative estimate of drug-likeness (QED) is 0.887. The molecule has 0 unspecified atom stereocenters. The first kappa shape index (κ1) is 11.5. The van der Waals surface area contributed by atoms with Gasteiger partial charge in [0.25, 0.3) is 0 Å². The molecule has 4 aliphatic carbocycles. The monoisotopic (exact) mass is 261 g/mol. The summed E-state index contributed by atoms with van der Waals surface area (Å²) in [5, 5.41) is 13.3. The van der Waals surface area contributed by atoms with Crippen molar-refractivity contribution >= 4 is 5.97 Å². The Bertz CT molecular complexity index is 505. The van der Waals surface area contributed by atoms with Crippen molar-refractivity contribution in [3.63, 3.8) is 0 Å². The van der Waals surface area contributed by atoms with Gasteiger partial charge >= 0.3 is 5.97 Å². The van der Waals surface area contributed by atoms with E-state index in [0.717, 1.165) is 11.8 Å². The minimum Gasteiger partial charge on any atom is -0.477 e. The number of aryl methyl sites for hydroxylation is 1. The lowest BCUT2D eigenvalue weighted by Crippen LogP contribution is -2.44. The summed E-state index contributed by atoms with van der Waals surface area (Å²) >= 11 is 0. The lowest BCUT2D eigenvalue weighted by atomic mass is 9.51. The van der Waals surface area contributed by atoms with Crippen LogP contribution in [0.4, 0.5) is 0 Å². The average molecular weight is 261 g/mol. The van der Waals surface area contributed by atoms with Crippen molar-refractivity contribution in [2.75, 3.05) is 0 Å². The molecule has 4 bridgehead atoms. The summed E-state index contributed by atoms with van der Waals surface area (Å²) in [5.41, 5.74) is 0.855. The Morgan fingerprint density at radius 3 is 2.26 bits per heavy atom. The van der Waals surface area contributed by atoms with E-state index in [-0.39, 0.29) is 0 Å². The molecule has 0 radical (unpaired) electrons. The first-order valence-electron chi connectivity index (χ1n) is 7.33. The molecule has 4 saturated carbocycles. The molecule has 0 spiro atoms. The van der Waals surface area contributed by atoms with Gasteiger partial charge in [0.05, 0.1) is 5.69 Å². The third-order valence-electron chi connectivity index (χ3n) is 5.63. The summed E-state index contributed by atoms with van der Waals surface area (Å²) in [5.74, 6) is 3.11. The lowest BCUT2D eigenvalue weighted by molar-refractivity contribution is -0.0118. The van der Waals surface area contributed by atoms with Gasteiger partial charge in [-0.2, -0.15) is 0 Å². The zero-order chi connectivity index (χ0) is 13.1. The van der Waals surface area contributed by atoms with Crippen molar-refractivity contribution in [2.24, 2.45) is 23.7 Å². The maximum atomic E-state index is 11.4. The lowest BCUT2D eigenvalue weighted by Gasteiger charge is -2.53. The van der Waals surface area contributed by atoms with Gasteiger partial charge in [0.2, 0.25) is 0 Å². The molecule has 19 heavy (non-hydrogen) atoms. The second-order valence-corrected chi connectivity index (χ2v) is 6.77. The third kappa shape index (κ3) is 1.58. The molecule has 102 valence electrons. The number of carboxylic acid groups (broad SMARTS) is 1.